The number of amides is 1. The molecule has 11 nitrogen and oxygen atoms in total. The van der Waals surface area contributed by atoms with Crippen LogP contribution in [-0.2, 0) is 20.8 Å². The summed E-state index contributed by atoms with van der Waals surface area (Å²) in [6.45, 7) is 4.77. The highest BCUT2D eigenvalue weighted by molar-refractivity contribution is 5.83. The van der Waals surface area contributed by atoms with E-state index in [2.05, 4.69) is 10.1 Å². The monoisotopic (exact) mass is 421 g/mol. The zero-order valence-electron chi connectivity index (χ0n) is 17.1. The number of methoxy groups -OCH3 is 1. The topological polar surface area (TPSA) is 139 Å². The zero-order chi connectivity index (χ0) is 22.5. The normalized spacial score (nSPS) is 11.1. The number of nitro groups is 1. The second-order valence-corrected chi connectivity index (χ2v) is 7.26. The van der Waals surface area contributed by atoms with Gasteiger partial charge in [0.05, 0.1) is 17.5 Å². The first-order chi connectivity index (χ1) is 14.0. The maximum atomic E-state index is 12.8. The van der Waals surface area contributed by atoms with Crippen LogP contribution in [-0.4, -0.2) is 47.4 Å². The van der Waals surface area contributed by atoms with Gasteiger partial charge in [0.15, 0.2) is 12.4 Å². The molecule has 0 saturated carbocycles. The molecule has 1 amide bonds. The summed E-state index contributed by atoms with van der Waals surface area (Å²) in [6, 6.07) is 5.32. The van der Waals surface area contributed by atoms with Crippen molar-refractivity contribution in [3.05, 3.63) is 44.7 Å². The molecule has 2 aromatic rings. The molecule has 0 unspecified atom stereocenters. The van der Waals surface area contributed by atoms with Gasteiger partial charge in [0.2, 0.25) is 0 Å². The second kappa shape index (κ2) is 9.25. The summed E-state index contributed by atoms with van der Waals surface area (Å²) in [5, 5.41) is 14.0. The number of nitrogens with one attached hydrogen (secondary N) is 1. The van der Waals surface area contributed by atoms with E-state index < -0.39 is 34.8 Å². The van der Waals surface area contributed by atoms with E-state index in [1.165, 1.54) is 35.9 Å². The predicted molar refractivity (Wildman–Crippen MR) is 107 cm³/mol. The minimum Gasteiger partial charge on any atom is -0.476 e. The maximum Gasteiger partial charge on any atom is 0.407 e. The van der Waals surface area contributed by atoms with E-state index in [4.69, 9.17) is 9.47 Å². The van der Waals surface area contributed by atoms with Crippen molar-refractivity contribution in [2.75, 3.05) is 20.3 Å². The first-order valence-electron chi connectivity index (χ1n) is 9.00. The average Bonchev–Trinajstić information content (AvgIpc) is 2.66. The van der Waals surface area contributed by atoms with Crippen molar-refractivity contribution in [3.8, 4) is 5.75 Å². The molecule has 0 aliphatic carbocycles. The van der Waals surface area contributed by atoms with E-state index in [0.29, 0.717) is 10.9 Å². The number of alkyl carbamates (subject to hydrolysis) is 1. The average molecular weight is 421 g/mol. The van der Waals surface area contributed by atoms with Crippen LogP contribution in [0.25, 0.3) is 10.9 Å². The molecular weight excluding hydrogens is 398 g/mol. The fraction of sp³-hybridized carbons (Fsp3) is 0.421. The zero-order valence-corrected chi connectivity index (χ0v) is 17.1. The Hall–Kier alpha value is -3.63. The van der Waals surface area contributed by atoms with Crippen LogP contribution in [0.4, 0.5) is 10.5 Å². The summed E-state index contributed by atoms with van der Waals surface area (Å²) in [4.78, 5) is 46.5. The highest BCUT2D eigenvalue weighted by atomic mass is 16.6. The number of hydrogen-bond acceptors (Lipinski definition) is 8. The molecule has 1 aromatic heterocycles. The van der Waals surface area contributed by atoms with Crippen molar-refractivity contribution in [1.82, 2.24) is 9.88 Å². The number of non-ortho nitro benzene ring substituents is 1. The molecule has 0 aliphatic rings. The van der Waals surface area contributed by atoms with Gasteiger partial charge in [0.25, 0.3) is 11.2 Å². The van der Waals surface area contributed by atoms with E-state index >= 15 is 0 Å². The molecule has 0 saturated heterocycles. The smallest absolute Gasteiger partial charge is 0.407 e. The van der Waals surface area contributed by atoms with E-state index in [0.717, 1.165) is 0 Å². The van der Waals surface area contributed by atoms with Gasteiger partial charge in [-0.25, -0.2) is 9.59 Å². The van der Waals surface area contributed by atoms with Crippen molar-refractivity contribution < 1.29 is 28.7 Å². The fourth-order valence-electron chi connectivity index (χ4n) is 2.57. The largest absolute Gasteiger partial charge is 0.476 e. The second-order valence-electron chi connectivity index (χ2n) is 7.26. The molecule has 0 bridgehead atoms. The van der Waals surface area contributed by atoms with Gasteiger partial charge in [0.1, 0.15) is 5.60 Å². The lowest BCUT2D eigenvalue weighted by molar-refractivity contribution is -0.384. The minimum atomic E-state index is -0.688. The van der Waals surface area contributed by atoms with Crippen LogP contribution in [0, 0.1) is 10.1 Å². The highest BCUT2D eigenvalue weighted by Gasteiger charge is 2.17. The van der Waals surface area contributed by atoms with Gasteiger partial charge in [-0.15, -0.1) is 0 Å². The van der Waals surface area contributed by atoms with Gasteiger partial charge in [-0.3, -0.25) is 14.9 Å². The van der Waals surface area contributed by atoms with Crippen LogP contribution in [0.3, 0.4) is 0 Å². The van der Waals surface area contributed by atoms with Gasteiger partial charge >= 0.3 is 12.1 Å². The van der Waals surface area contributed by atoms with E-state index in [1.54, 1.807) is 20.8 Å². The number of carbonyl (C=O) groups is 2. The number of nitro benzene ring substituents is 1. The number of rotatable bonds is 7. The van der Waals surface area contributed by atoms with Gasteiger partial charge in [0, 0.05) is 30.6 Å². The summed E-state index contributed by atoms with van der Waals surface area (Å²) in [5.41, 5.74) is -1.000. The molecular formula is C19H23N3O8. The number of aromatic nitrogens is 1. The molecule has 1 N–H and O–H groups in total. The van der Waals surface area contributed by atoms with Crippen LogP contribution in [0.1, 0.15) is 20.8 Å². The number of fused-ring (bicyclic) bond motifs is 1. The molecule has 0 spiro atoms. The van der Waals surface area contributed by atoms with Crippen molar-refractivity contribution in [2.24, 2.45) is 0 Å². The number of pyridine rings is 1. The van der Waals surface area contributed by atoms with E-state index in [1.807, 2.05) is 0 Å². The standard InChI is InChI=1S/C19H23N3O8/c1-19(2,3)30-18(25)20-7-8-21-14-6-5-13(22(26)27)9-12(14)10-15(17(21)24)29-11-16(23)28-4/h5-6,9-10H,7-8,11H2,1-4H3,(H,20,25). The molecule has 0 atom stereocenters. The quantitative estimate of drug-likeness (QED) is 0.407. The Bertz CT molecular complexity index is 1020. The molecule has 0 aliphatic heterocycles. The third kappa shape index (κ3) is 5.93. The van der Waals surface area contributed by atoms with Crippen molar-refractivity contribution in [1.29, 1.82) is 0 Å². The summed E-state index contributed by atoms with van der Waals surface area (Å²) in [5.74, 6) is -0.864. The lowest BCUT2D eigenvalue weighted by atomic mass is 10.2. The number of carbonyl (C=O) groups excluding carboxylic acids is 2. The molecule has 2 rings (SSSR count). The lowest BCUT2D eigenvalue weighted by Gasteiger charge is -2.20. The van der Waals surface area contributed by atoms with E-state index in [9.17, 15) is 24.5 Å². The minimum absolute atomic E-state index is 0.0435. The van der Waals surface area contributed by atoms with Crippen LogP contribution in [0.15, 0.2) is 29.1 Å². The Balaban J connectivity index is 2.35. The Kier molecular flexibility index (Phi) is 6.98. The molecule has 30 heavy (non-hydrogen) atoms. The SMILES string of the molecule is COC(=O)COc1cc2cc([N+](=O)[O-])ccc2n(CCNC(=O)OC(C)(C)C)c1=O. The summed E-state index contributed by atoms with van der Waals surface area (Å²) in [7, 11) is 1.18. The lowest BCUT2D eigenvalue weighted by Crippen LogP contribution is -2.35. The van der Waals surface area contributed by atoms with Crippen LogP contribution in [0.5, 0.6) is 5.75 Å². The maximum absolute atomic E-state index is 12.8. The molecule has 162 valence electrons. The third-order valence-corrected chi connectivity index (χ3v) is 3.83. The number of ether oxygens (including phenoxy) is 3. The fourth-order valence-corrected chi connectivity index (χ4v) is 2.57. The highest BCUT2D eigenvalue weighted by Crippen LogP contribution is 2.23. The first kappa shape index (κ1) is 22.7. The van der Waals surface area contributed by atoms with Crippen LogP contribution in [0.2, 0.25) is 0 Å². The van der Waals surface area contributed by atoms with Gasteiger partial charge in [-0.1, -0.05) is 0 Å². The Labute approximate surface area is 171 Å². The molecule has 11 heteroatoms. The van der Waals surface area contributed by atoms with Crippen LogP contribution < -0.4 is 15.6 Å². The number of hydrogen-bond donors (Lipinski definition) is 1. The summed E-state index contributed by atoms with van der Waals surface area (Å²) in [6.07, 6.45) is -0.645. The van der Waals surface area contributed by atoms with Crippen LogP contribution >= 0.6 is 0 Å². The van der Waals surface area contributed by atoms with Gasteiger partial charge in [-0.05, 0) is 32.9 Å². The third-order valence-electron chi connectivity index (χ3n) is 3.83. The molecule has 0 fully saturated rings. The van der Waals surface area contributed by atoms with Crippen molar-refractivity contribution in [2.45, 2.75) is 32.9 Å². The summed E-state index contributed by atoms with van der Waals surface area (Å²) < 4.78 is 16.2. The van der Waals surface area contributed by atoms with Gasteiger partial charge in [-0.2, -0.15) is 0 Å². The Morgan fingerprint density at radius 3 is 2.53 bits per heavy atom. The summed E-state index contributed by atoms with van der Waals surface area (Å²) >= 11 is 0. The Morgan fingerprint density at radius 2 is 1.93 bits per heavy atom. The Morgan fingerprint density at radius 1 is 1.23 bits per heavy atom. The first-order valence-corrected chi connectivity index (χ1v) is 9.00. The van der Waals surface area contributed by atoms with Crippen molar-refractivity contribution >= 4 is 28.7 Å². The number of nitrogens with zero attached hydrogens (tertiary/aromatic N) is 2. The molecule has 1 aromatic carbocycles. The van der Waals surface area contributed by atoms with E-state index in [-0.39, 0.29) is 24.5 Å². The van der Waals surface area contributed by atoms with Gasteiger partial charge < -0.3 is 24.1 Å². The molecule has 1 heterocycles. The van der Waals surface area contributed by atoms with Crippen molar-refractivity contribution in [3.63, 3.8) is 0 Å². The number of benzene rings is 1. The molecule has 0 radical (unpaired) electrons. The number of esters is 1. The predicted octanol–water partition coefficient (Wildman–Crippen LogP) is 1.99.